The fourth-order valence-corrected chi connectivity index (χ4v) is 1.78. The first-order chi connectivity index (χ1) is 10.1. The summed E-state index contributed by atoms with van der Waals surface area (Å²) in [5.41, 5.74) is -1.13. The first kappa shape index (κ1) is 21.4. The smallest absolute Gasteiger partial charge is 0.350 e. The van der Waals surface area contributed by atoms with Gasteiger partial charge in [-0.1, -0.05) is 6.92 Å². The fourth-order valence-electron chi connectivity index (χ4n) is 1.78. The third kappa shape index (κ3) is 11.0. The van der Waals surface area contributed by atoms with Gasteiger partial charge >= 0.3 is 7.56 Å². The first-order valence-corrected chi connectivity index (χ1v) is 7.68. The number of carbonyl (C=O) groups is 1. The van der Waals surface area contributed by atoms with E-state index in [4.69, 9.17) is 9.84 Å². The Morgan fingerprint density at radius 2 is 2.00 bits per heavy atom. The van der Waals surface area contributed by atoms with Gasteiger partial charge in [0.05, 0.1) is 18.6 Å². The van der Waals surface area contributed by atoms with Crippen LogP contribution in [0, 0.1) is 0 Å². The number of nitrogens with one attached hydrogen (secondary N) is 2. The molecule has 0 aliphatic heterocycles. The van der Waals surface area contributed by atoms with Crippen LogP contribution in [0.3, 0.4) is 0 Å². The molecule has 1 atom stereocenters. The van der Waals surface area contributed by atoms with Gasteiger partial charge in [-0.2, -0.15) is 0 Å². The number of hydrogen-bond acceptors (Lipinski definition) is 4. The lowest BCUT2D eigenvalue weighted by Crippen LogP contribution is -2.45. The Bertz CT molecular complexity index is 331. The molecule has 0 heterocycles. The quantitative estimate of drug-likeness (QED) is 0.470. The second-order valence-electron chi connectivity index (χ2n) is 6.80. The summed E-state index contributed by atoms with van der Waals surface area (Å²) >= 11 is 0. The van der Waals surface area contributed by atoms with E-state index in [1.807, 2.05) is 27.7 Å². The summed E-state index contributed by atoms with van der Waals surface area (Å²) in [6, 6.07) is 0. The van der Waals surface area contributed by atoms with E-state index in [0.717, 1.165) is 0 Å². The predicted molar refractivity (Wildman–Crippen MR) is 88.6 cm³/mol. The van der Waals surface area contributed by atoms with Crippen molar-refractivity contribution in [2.45, 2.75) is 64.3 Å². The van der Waals surface area contributed by atoms with Crippen LogP contribution in [0.2, 0.25) is 5.72 Å². The summed E-state index contributed by atoms with van der Waals surface area (Å²) in [5.74, 6) is -0.102. The Morgan fingerprint density at radius 1 is 1.36 bits per heavy atom. The van der Waals surface area contributed by atoms with Crippen LogP contribution in [0.1, 0.15) is 47.5 Å². The van der Waals surface area contributed by atoms with Crippen molar-refractivity contribution in [3.05, 3.63) is 0 Å². The van der Waals surface area contributed by atoms with Gasteiger partial charge in [0.15, 0.2) is 0 Å². The number of ether oxygens (including phenoxy) is 1. The molecule has 126 valence electrons. The monoisotopic (exact) mass is 314 g/mol. The number of aliphatic hydroxyl groups is 1. The highest BCUT2D eigenvalue weighted by Crippen LogP contribution is 2.10. The standard InChI is InChI=1S/C14H29B2FN2O3/c1-11(15-17)16-18-10-14(4,5)22-9-6-12(21)19-13(2,3)7-8-20/h11,18,20H,6-10H2,1-5H3,(H,19,21). The van der Waals surface area contributed by atoms with Crippen molar-refractivity contribution in [2.24, 2.45) is 0 Å². The van der Waals surface area contributed by atoms with E-state index in [0.29, 0.717) is 27.1 Å². The Kier molecular flexibility index (Phi) is 9.96. The summed E-state index contributed by atoms with van der Waals surface area (Å²) in [7, 11) is 2.27. The van der Waals surface area contributed by atoms with Crippen LogP contribution in [0.25, 0.3) is 0 Å². The average molecular weight is 314 g/mol. The molecule has 0 saturated heterocycles. The van der Waals surface area contributed by atoms with Crippen LogP contribution in [0.5, 0.6) is 0 Å². The molecular formula is C14H29B2FN2O3. The highest BCUT2D eigenvalue weighted by molar-refractivity contribution is 6.53. The zero-order chi connectivity index (χ0) is 17.2. The molecule has 0 rings (SSSR count). The lowest BCUT2D eigenvalue weighted by molar-refractivity contribution is -0.125. The fraction of sp³-hybridized carbons (Fsp3) is 0.929. The molecule has 3 N–H and O–H groups in total. The van der Waals surface area contributed by atoms with Crippen LogP contribution < -0.4 is 10.5 Å². The lowest BCUT2D eigenvalue weighted by atomic mass is 9.61. The van der Waals surface area contributed by atoms with Crippen LogP contribution in [0.15, 0.2) is 0 Å². The van der Waals surface area contributed by atoms with E-state index in [1.54, 1.807) is 14.3 Å². The maximum atomic E-state index is 12.2. The molecule has 5 nitrogen and oxygen atoms in total. The van der Waals surface area contributed by atoms with Gasteiger partial charge in [-0.15, -0.1) is 0 Å². The number of halogens is 1. The molecule has 0 saturated carbocycles. The molecule has 0 aliphatic rings. The minimum Gasteiger partial charge on any atom is -0.396 e. The molecule has 1 unspecified atom stereocenters. The minimum atomic E-state index is -0.451. The molecule has 0 bridgehead atoms. The molecule has 2 radical (unpaired) electrons. The van der Waals surface area contributed by atoms with Gasteiger partial charge in [-0.05, 0) is 39.8 Å². The summed E-state index contributed by atoms with van der Waals surface area (Å²) in [5, 5.41) is 14.8. The highest BCUT2D eigenvalue weighted by Gasteiger charge is 2.22. The van der Waals surface area contributed by atoms with E-state index in [1.165, 1.54) is 0 Å². The highest BCUT2D eigenvalue weighted by atomic mass is 19.1. The number of rotatable bonds is 12. The van der Waals surface area contributed by atoms with Crippen LogP contribution in [-0.4, -0.2) is 56.9 Å². The van der Waals surface area contributed by atoms with Gasteiger partial charge in [0.25, 0.3) is 0 Å². The second-order valence-corrected chi connectivity index (χ2v) is 6.80. The zero-order valence-electron chi connectivity index (χ0n) is 14.4. The normalized spacial score (nSPS) is 13.6. The van der Waals surface area contributed by atoms with Gasteiger partial charge in [0.1, 0.15) is 0 Å². The summed E-state index contributed by atoms with van der Waals surface area (Å²) in [6.07, 6.45) is 0.769. The minimum absolute atomic E-state index is 0.0354. The Labute approximate surface area is 135 Å². The molecule has 0 aromatic carbocycles. The maximum absolute atomic E-state index is 12.2. The van der Waals surface area contributed by atoms with Gasteiger partial charge in [-0.3, -0.25) is 4.79 Å². The van der Waals surface area contributed by atoms with E-state index < -0.39 is 11.1 Å². The van der Waals surface area contributed by atoms with E-state index in [-0.39, 0.29) is 24.7 Å². The SMILES string of the molecule is CC([B]F)[B]NCC(C)(C)OCCC(=O)NC(C)(C)CCO. The van der Waals surface area contributed by atoms with Crippen molar-refractivity contribution in [2.75, 3.05) is 19.8 Å². The summed E-state index contributed by atoms with van der Waals surface area (Å²) < 4.78 is 17.9. The zero-order valence-corrected chi connectivity index (χ0v) is 14.4. The second kappa shape index (κ2) is 10.2. The van der Waals surface area contributed by atoms with Gasteiger partial charge in [0, 0.05) is 18.7 Å². The number of hydrogen-bond donors (Lipinski definition) is 3. The third-order valence-electron chi connectivity index (χ3n) is 3.14. The third-order valence-corrected chi connectivity index (χ3v) is 3.14. The Morgan fingerprint density at radius 3 is 2.55 bits per heavy atom. The van der Waals surface area contributed by atoms with Gasteiger partial charge in [-0.25, -0.2) is 0 Å². The molecule has 0 aliphatic carbocycles. The van der Waals surface area contributed by atoms with Crippen molar-refractivity contribution in [1.82, 2.24) is 10.5 Å². The van der Waals surface area contributed by atoms with Gasteiger partial charge < -0.3 is 24.7 Å². The number of amides is 1. The van der Waals surface area contributed by atoms with E-state index >= 15 is 0 Å². The number of carbonyl (C=O) groups excluding carboxylic acids is 1. The van der Waals surface area contributed by atoms with E-state index in [2.05, 4.69) is 10.5 Å². The predicted octanol–water partition coefficient (Wildman–Crippen LogP) is 1.01. The molecular weight excluding hydrogens is 285 g/mol. The molecule has 0 aromatic rings. The Balaban J connectivity index is 3.94. The van der Waals surface area contributed by atoms with Crippen molar-refractivity contribution < 1.29 is 19.0 Å². The molecule has 1 amide bonds. The summed E-state index contributed by atoms with van der Waals surface area (Å²) in [6.45, 7) is 10.2. The van der Waals surface area contributed by atoms with Crippen molar-refractivity contribution >= 4 is 20.9 Å². The van der Waals surface area contributed by atoms with Crippen molar-refractivity contribution in [3.8, 4) is 0 Å². The van der Waals surface area contributed by atoms with Crippen molar-refractivity contribution in [3.63, 3.8) is 0 Å². The lowest BCUT2D eigenvalue weighted by Gasteiger charge is -2.28. The van der Waals surface area contributed by atoms with Gasteiger partial charge in [0.2, 0.25) is 13.3 Å². The molecule has 8 heteroatoms. The molecule has 0 aromatic heterocycles. The number of aliphatic hydroxyl groups excluding tert-OH is 1. The molecule has 0 spiro atoms. The Hall–Kier alpha value is -0.590. The maximum Gasteiger partial charge on any atom is 0.350 e. The molecule has 22 heavy (non-hydrogen) atoms. The average Bonchev–Trinajstić information content (AvgIpc) is 2.36. The summed E-state index contributed by atoms with van der Waals surface area (Å²) in [4.78, 5) is 11.8. The molecule has 0 fully saturated rings. The van der Waals surface area contributed by atoms with Crippen LogP contribution in [-0.2, 0) is 9.53 Å². The first-order valence-electron chi connectivity index (χ1n) is 7.68. The van der Waals surface area contributed by atoms with Crippen LogP contribution in [0.4, 0.5) is 4.32 Å². The van der Waals surface area contributed by atoms with Crippen molar-refractivity contribution in [1.29, 1.82) is 0 Å². The largest absolute Gasteiger partial charge is 0.396 e. The topological polar surface area (TPSA) is 70.6 Å². The van der Waals surface area contributed by atoms with Crippen LogP contribution >= 0.6 is 0 Å². The van der Waals surface area contributed by atoms with E-state index in [9.17, 15) is 9.11 Å².